The van der Waals surface area contributed by atoms with Crippen molar-refractivity contribution >= 4 is 111 Å². The number of likely N-dealkylation sites (tertiary alicyclic amines) is 1. The molecular weight excluding hydrogens is 1530 g/mol. The molecule has 6 rings (SSSR count). The highest BCUT2D eigenvalue weighted by atomic mass is 35.5. The van der Waals surface area contributed by atoms with Crippen molar-refractivity contribution in [3.8, 4) is 5.75 Å². The number of aliphatic carboxylic acids is 1. The van der Waals surface area contributed by atoms with Crippen LogP contribution in [0.1, 0.15) is 94.9 Å². The molecular formula is C75H98ClF3N18O18. The first kappa shape index (κ1) is 93.3. The molecule has 5 aromatic rings. The van der Waals surface area contributed by atoms with Gasteiger partial charge in [-0.1, -0.05) is 98.2 Å². The molecule has 23 N–H and O–H groups in total. The first-order chi connectivity index (χ1) is 54.3. The van der Waals surface area contributed by atoms with Crippen LogP contribution in [-0.4, -0.2) is 225 Å². The zero-order chi connectivity index (χ0) is 85.2. The monoisotopic (exact) mass is 1630 g/mol. The number of nitrogens with one attached hydrogen (secondary N) is 11. The molecule has 0 saturated carbocycles. The van der Waals surface area contributed by atoms with Crippen LogP contribution in [0.2, 0.25) is 5.02 Å². The minimum absolute atomic E-state index is 0.0128. The summed E-state index contributed by atoms with van der Waals surface area (Å²) in [5.41, 5.74) is 23.7. The lowest BCUT2D eigenvalue weighted by atomic mass is 9.99. The number of aliphatic hydroxyl groups is 2. The number of phenolic OH excluding ortho intramolecular Hbond substituents is 1. The van der Waals surface area contributed by atoms with Gasteiger partial charge in [-0.05, 0) is 121 Å². The van der Waals surface area contributed by atoms with Crippen LogP contribution < -0.4 is 81.4 Å². The molecule has 0 radical (unpaired) electrons. The third-order valence-corrected chi connectivity index (χ3v) is 18.0. The van der Waals surface area contributed by atoms with Gasteiger partial charge in [0.1, 0.15) is 72.2 Å². The second-order valence-electron chi connectivity index (χ2n) is 27.4. The third kappa shape index (κ3) is 32.0. The minimum Gasteiger partial charge on any atom is -0.508 e. The summed E-state index contributed by atoms with van der Waals surface area (Å²) in [4.78, 5) is 199. The highest BCUT2D eigenvalue weighted by molar-refractivity contribution is 6.30. The molecule has 0 unspecified atom stereocenters. The Balaban J connectivity index is 0.00000321. The number of halogens is 4. The Bertz CT molecular complexity index is 4220. The number of nitrogens with zero attached hydrogens (tertiary/aromatic N) is 3. The predicted molar refractivity (Wildman–Crippen MR) is 411 cm³/mol. The van der Waals surface area contributed by atoms with Crippen LogP contribution in [0.15, 0.2) is 121 Å². The quantitative estimate of drug-likeness (QED) is 0.0119. The van der Waals surface area contributed by atoms with Crippen molar-refractivity contribution in [2.24, 2.45) is 33.8 Å². The summed E-state index contributed by atoms with van der Waals surface area (Å²) in [6.07, 6.45) is -2.65. The lowest BCUT2D eigenvalue weighted by Gasteiger charge is -2.31. The topological polar surface area (TPSA) is 585 Å². The number of aromatic nitrogens is 1. The molecule has 14 amide bonds. The van der Waals surface area contributed by atoms with Gasteiger partial charge in [-0.2, -0.15) is 13.2 Å². The molecule has 36 nitrogen and oxygen atoms in total. The number of fused-ring (bicyclic) bond motifs is 1. The maximum atomic E-state index is 14.8. The van der Waals surface area contributed by atoms with E-state index in [0.29, 0.717) is 33.7 Å². The van der Waals surface area contributed by atoms with E-state index in [1.807, 2.05) is 42.5 Å². The van der Waals surface area contributed by atoms with Crippen molar-refractivity contribution < 1.29 is 101 Å². The molecule has 115 heavy (non-hydrogen) atoms. The summed E-state index contributed by atoms with van der Waals surface area (Å²) in [5.74, 6) is -14.2. The fraction of sp³-hybridized carbons (Fsp3) is 0.440. The van der Waals surface area contributed by atoms with E-state index >= 15 is 0 Å². The van der Waals surface area contributed by atoms with E-state index in [0.717, 1.165) is 10.8 Å². The summed E-state index contributed by atoms with van der Waals surface area (Å²) in [6.45, 7) is 3.84. The van der Waals surface area contributed by atoms with Gasteiger partial charge in [-0.25, -0.2) is 9.59 Å². The van der Waals surface area contributed by atoms with E-state index in [-0.39, 0.29) is 101 Å². The second-order valence-corrected chi connectivity index (χ2v) is 27.8. The van der Waals surface area contributed by atoms with Crippen molar-refractivity contribution in [2.45, 2.75) is 171 Å². The number of carbonyl (C=O) groups is 14. The van der Waals surface area contributed by atoms with Crippen LogP contribution in [0.5, 0.6) is 5.75 Å². The summed E-state index contributed by atoms with van der Waals surface area (Å²) < 4.78 is 31.7. The SMILES string of the molecule is CC(=O)N[C@H](Cc1ccc2ccccc2c1)C(=O)N[C@H](Cc1ccc(Cl)cc1)C(=O)N[C@H](Cc1cccnc1)C(=O)N[C@@H](CO)C(=O)N[C@@H](CO)C(=O)N[C@@H](Cc1ccc(O)cc1)C(=O)N[C@H](CCCNC(N)=O)C(=O)N[C@@H](CC(C)C)C(=O)N[C@@H](CCCN=C(N)N)C(=O)N1CCC[C@H]1C(=O)N[C@H](C)C(N)=O.O=C(O)C(F)(F)F. The van der Waals surface area contributed by atoms with E-state index in [2.05, 4.69) is 68.5 Å². The number of amides is 14. The van der Waals surface area contributed by atoms with E-state index in [1.165, 1.54) is 55.4 Å². The van der Waals surface area contributed by atoms with Crippen molar-refractivity contribution in [3.63, 3.8) is 0 Å². The van der Waals surface area contributed by atoms with E-state index in [9.17, 15) is 90.8 Å². The number of phenols is 1. The molecule has 4 aromatic carbocycles. The molecule has 1 fully saturated rings. The Morgan fingerprint density at radius 2 is 1.01 bits per heavy atom. The first-order valence-electron chi connectivity index (χ1n) is 36.5. The van der Waals surface area contributed by atoms with Crippen LogP contribution in [-0.2, 0) is 88.0 Å². The maximum Gasteiger partial charge on any atom is 0.490 e. The van der Waals surface area contributed by atoms with Crippen LogP contribution in [0.25, 0.3) is 10.8 Å². The van der Waals surface area contributed by atoms with Crippen molar-refractivity contribution in [2.75, 3.05) is 32.8 Å². The van der Waals surface area contributed by atoms with E-state index in [1.54, 1.807) is 50.2 Å². The number of hydrogen-bond acceptors (Lipinski definition) is 19. The van der Waals surface area contributed by atoms with Crippen LogP contribution >= 0.6 is 11.6 Å². The molecule has 1 aliphatic rings. The number of rotatable bonds is 41. The Kier molecular flexibility index (Phi) is 37.4. The molecule has 40 heteroatoms. The van der Waals surface area contributed by atoms with E-state index in [4.69, 9.17) is 44.4 Å². The van der Waals surface area contributed by atoms with Gasteiger partial charge >= 0.3 is 18.2 Å². The number of carboxylic acid groups (broad SMARTS) is 1. The predicted octanol–water partition coefficient (Wildman–Crippen LogP) is -1.61. The number of guanidine groups is 1. The van der Waals surface area contributed by atoms with Crippen LogP contribution in [0.3, 0.4) is 0 Å². The fourth-order valence-electron chi connectivity index (χ4n) is 11.9. The number of alkyl halides is 3. The lowest BCUT2D eigenvalue weighted by Crippen LogP contribution is -2.62. The molecule has 1 aromatic heterocycles. The molecule has 1 saturated heterocycles. The van der Waals surface area contributed by atoms with Gasteiger partial charge in [-0.15, -0.1) is 0 Å². The maximum absolute atomic E-state index is 14.8. The van der Waals surface area contributed by atoms with Crippen molar-refractivity contribution in [3.05, 3.63) is 143 Å². The third-order valence-electron chi connectivity index (χ3n) is 17.7. The number of aliphatic hydroxyl groups excluding tert-OH is 2. The molecule has 0 aliphatic carbocycles. The van der Waals surface area contributed by atoms with Gasteiger partial charge < -0.3 is 107 Å². The smallest absolute Gasteiger partial charge is 0.490 e. The lowest BCUT2D eigenvalue weighted by molar-refractivity contribution is -0.192. The van der Waals surface area contributed by atoms with Crippen molar-refractivity contribution in [1.29, 1.82) is 0 Å². The molecule has 624 valence electrons. The number of hydrogen-bond donors (Lipinski definition) is 19. The van der Waals surface area contributed by atoms with Gasteiger partial charge in [0.15, 0.2) is 5.96 Å². The number of pyridine rings is 1. The Morgan fingerprint density at radius 3 is 1.50 bits per heavy atom. The molecule has 11 atom stereocenters. The average molecular weight is 1630 g/mol. The average Bonchev–Trinajstić information content (AvgIpc) is 1.68. The normalized spacial score (nSPS) is 15.0. The number of benzene rings is 4. The number of aliphatic imine (C=N–C) groups is 1. The molecule has 1 aliphatic heterocycles. The largest absolute Gasteiger partial charge is 0.508 e. The Labute approximate surface area is 663 Å². The number of urea groups is 1. The number of aromatic hydroxyl groups is 1. The highest BCUT2D eigenvalue weighted by Crippen LogP contribution is 2.23. The van der Waals surface area contributed by atoms with Gasteiger partial charge in [0, 0.05) is 69.7 Å². The minimum atomic E-state index is -5.08. The molecule has 0 spiro atoms. The summed E-state index contributed by atoms with van der Waals surface area (Å²) in [6, 6.07) is 10.9. The summed E-state index contributed by atoms with van der Waals surface area (Å²) >= 11 is 6.21. The highest BCUT2D eigenvalue weighted by Gasteiger charge is 2.41. The Morgan fingerprint density at radius 1 is 0.557 bits per heavy atom. The molecule has 0 bridgehead atoms. The number of carboxylic acids is 1. The number of carbonyl (C=O) groups excluding carboxylic acids is 13. The Hall–Kier alpha value is -12.3. The van der Waals surface area contributed by atoms with Gasteiger partial charge in [0.2, 0.25) is 70.9 Å². The summed E-state index contributed by atoms with van der Waals surface area (Å²) in [5, 5.41) is 69.0. The number of nitrogens with two attached hydrogens (primary N) is 4. The molecule has 2 heterocycles. The van der Waals surface area contributed by atoms with Crippen molar-refractivity contribution in [1.82, 2.24) is 68.4 Å². The van der Waals surface area contributed by atoms with Gasteiger partial charge in [0.05, 0.1) is 13.2 Å². The van der Waals surface area contributed by atoms with E-state index < -0.39 is 169 Å². The zero-order valence-electron chi connectivity index (χ0n) is 63.4. The first-order valence-corrected chi connectivity index (χ1v) is 36.8. The number of primary amides is 2. The summed E-state index contributed by atoms with van der Waals surface area (Å²) in [7, 11) is 0. The second kappa shape index (κ2) is 46.0. The zero-order valence-corrected chi connectivity index (χ0v) is 64.1. The van der Waals surface area contributed by atoms with Gasteiger partial charge in [-0.3, -0.25) is 67.5 Å². The van der Waals surface area contributed by atoms with Crippen LogP contribution in [0.4, 0.5) is 18.0 Å². The van der Waals surface area contributed by atoms with Crippen LogP contribution in [0, 0.1) is 5.92 Å². The van der Waals surface area contributed by atoms with Gasteiger partial charge in [0.25, 0.3) is 0 Å². The standard InChI is InChI=1S/C73H97ClN18O16.C2HF3O2/c1-40(2)31-53(63(99)85-52(15-9-28-80-72(76)77)71(107)92-30-10-16-60(92)70(106)82-41(3)61(75)97)86-62(98)51(14-8-29-81-73(78)108)84-65(101)55(34-44-20-25-50(96)26-21-44)89-68(104)58(38-93)91-69(105)59(39-94)90-67(103)57(36-46-11-7-27-79-37-46)88-66(102)56(33-43-18-23-49(74)24-19-43)87-64(100)54(83-42(4)95)35-45-17-22-47-12-5-6-13-48(47)32-45;3-2(4,5)1(6)7/h5-7,11-13,17-27,32,37,40-41,51-60,93-94,96H,8-10,14-16,28-31,33-36,38-39H2,1-4H3,(H2,75,97)(H,82,106)(H,83,95)(H,84,101)(H,85,99)(H,86,98)(H,87,100)(H,88,102)(H,89,104)(H,90,103)(H,91,105)(H4,76,77,80)(H3,78,81,108);(H,6,7)/t41-,51-,52+,53+,54-,55+,56-,57-,58+,59+,60+;/m1./s1. The fourth-order valence-corrected chi connectivity index (χ4v) is 12.0.